The van der Waals surface area contributed by atoms with Gasteiger partial charge in [0.1, 0.15) is 11.7 Å². The minimum Gasteiger partial charge on any atom is -0.453 e. The van der Waals surface area contributed by atoms with Gasteiger partial charge in [-0.15, -0.1) is 0 Å². The van der Waals surface area contributed by atoms with Crippen molar-refractivity contribution in [2.24, 2.45) is 0 Å². The number of nitrogens with zero attached hydrogens (tertiary/aromatic N) is 3. The van der Waals surface area contributed by atoms with E-state index in [0.717, 1.165) is 127 Å². The molecule has 14 aromatic rings. The first-order valence-electron chi connectivity index (χ1n) is 24.1. The Kier molecular flexibility index (Phi) is 9.23. The first kappa shape index (κ1) is 40.4. The van der Waals surface area contributed by atoms with Crippen LogP contribution in [0.5, 0.6) is 0 Å². The van der Waals surface area contributed by atoms with Crippen LogP contribution < -0.4 is 0 Å². The van der Waals surface area contributed by atoms with Gasteiger partial charge in [0.2, 0.25) is 0 Å². The average Bonchev–Trinajstić information content (AvgIpc) is 4.11. The highest BCUT2D eigenvalue weighted by molar-refractivity contribution is 6.20. The summed E-state index contributed by atoms with van der Waals surface area (Å²) >= 11 is 0. The molecular weight excluding hydrogens is 863 g/mol. The Labute approximate surface area is 409 Å². The first-order chi connectivity index (χ1) is 35.2. The molecule has 0 aliphatic carbocycles. The monoisotopic (exact) mass is 903 g/mol. The summed E-state index contributed by atoms with van der Waals surface area (Å²) in [6, 6.07) is 90.8. The molecule has 0 N–H and O–H groups in total. The Bertz CT molecular complexity index is 4230. The quantitative estimate of drug-likeness (QED) is 0.160. The van der Waals surface area contributed by atoms with E-state index < -0.39 is 0 Å². The molecule has 0 radical (unpaired) electrons. The highest BCUT2D eigenvalue weighted by Gasteiger charge is 2.28. The van der Waals surface area contributed by atoms with Crippen LogP contribution in [0.15, 0.2) is 253 Å². The van der Waals surface area contributed by atoms with Gasteiger partial charge in [-0.2, -0.15) is 5.26 Å². The third kappa shape index (κ3) is 6.45. The molecule has 11 aromatic carbocycles. The maximum Gasteiger partial charge on any atom is 0.161 e. The Morgan fingerprint density at radius 2 is 0.690 bits per heavy atom. The van der Waals surface area contributed by atoms with E-state index in [4.69, 9.17) is 4.42 Å². The van der Waals surface area contributed by atoms with Crippen molar-refractivity contribution in [2.75, 3.05) is 0 Å². The third-order valence-corrected chi connectivity index (χ3v) is 14.3. The van der Waals surface area contributed by atoms with Crippen molar-refractivity contribution in [3.63, 3.8) is 0 Å². The van der Waals surface area contributed by atoms with Crippen LogP contribution in [0.2, 0.25) is 0 Å². The van der Waals surface area contributed by atoms with Crippen LogP contribution in [0, 0.1) is 11.3 Å². The molecule has 0 unspecified atom stereocenters. The van der Waals surface area contributed by atoms with Crippen molar-refractivity contribution in [1.82, 2.24) is 9.13 Å². The molecule has 0 amide bonds. The molecule has 0 saturated carbocycles. The molecule has 0 bridgehead atoms. The van der Waals surface area contributed by atoms with E-state index in [1.54, 1.807) is 0 Å². The van der Waals surface area contributed by atoms with E-state index in [-0.39, 0.29) is 0 Å². The first-order valence-corrected chi connectivity index (χ1v) is 24.1. The summed E-state index contributed by atoms with van der Waals surface area (Å²) in [5, 5.41) is 18.0. The fourth-order valence-corrected chi connectivity index (χ4v) is 11.1. The van der Waals surface area contributed by atoms with Crippen molar-refractivity contribution in [3.05, 3.63) is 254 Å². The van der Waals surface area contributed by atoms with Gasteiger partial charge in [-0.05, 0) is 105 Å². The average molecular weight is 904 g/mol. The lowest BCUT2D eigenvalue weighted by molar-refractivity contribution is 0.667. The van der Waals surface area contributed by atoms with Gasteiger partial charge in [-0.25, -0.2) is 0 Å². The van der Waals surface area contributed by atoms with Gasteiger partial charge >= 0.3 is 0 Å². The molecule has 0 atom stereocenters. The molecule has 71 heavy (non-hydrogen) atoms. The lowest BCUT2D eigenvalue weighted by Gasteiger charge is -2.16. The number of hydrogen-bond donors (Lipinski definition) is 0. The van der Waals surface area contributed by atoms with E-state index in [2.05, 4.69) is 258 Å². The standard InChI is InChI=1S/C67H41N3O/c68-42-52-41-63(69-59-33-29-48(43-17-6-1-7-18-43)37-55(59)56-38-49(30-34-60(56)69)44-19-8-2-9-20-44)67-64(54-28-16-27-53(66(54)71-67)47-25-14-5-15-26-47)65(52)70-61-35-31-50(45-21-10-3-11-22-45)39-57(61)58-40-51(32-36-62(58)70)46-23-12-4-13-24-46/h1-41H. The van der Waals surface area contributed by atoms with Crippen LogP contribution in [0.3, 0.4) is 0 Å². The number of rotatable bonds is 7. The minimum absolute atomic E-state index is 0.537. The second-order valence-corrected chi connectivity index (χ2v) is 18.3. The zero-order valence-corrected chi connectivity index (χ0v) is 38.4. The largest absolute Gasteiger partial charge is 0.453 e. The summed E-state index contributed by atoms with van der Waals surface area (Å²) in [5.41, 5.74) is 18.8. The number of para-hydroxylation sites is 1. The summed E-state index contributed by atoms with van der Waals surface area (Å²) in [6.07, 6.45) is 0. The molecule has 3 aromatic heterocycles. The molecule has 0 aliphatic rings. The second-order valence-electron chi connectivity index (χ2n) is 18.3. The van der Waals surface area contributed by atoms with Crippen LogP contribution in [0.1, 0.15) is 5.56 Å². The van der Waals surface area contributed by atoms with Gasteiger partial charge in [0, 0.05) is 32.5 Å². The number of benzene rings is 11. The van der Waals surface area contributed by atoms with Gasteiger partial charge in [-0.1, -0.05) is 194 Å². The van der Waals surface area contributed by atoms with Gasteiger partial charge in [0.25, 0.3) is 0 Å². The van der Waals surface area contributed by atoms with Gasteiger partial charge in [0.15, 0.2) is 5.58 Å². The fourth-order valence-electron chi connectivity index (χ4n) is 11.1. The molecule has 330 valence electrons. The Balaban J connectivity index is 1.12. The SMILES string of the molecule is N#Cc1cc(-n2c3ccc(-c4ccccc4)cc3c3cc(-c4ccccc4)ccc32)c2oc3c(-c4ccccc4)cccc3c2c1-n1c2ccc(-c3ccccc3)cc2c2cc(-c3ccccc3)ccc21. The predicted molar refractivity (Wildman–Crippen MR) is 294 cm³/mol. The van der Waals surface area contributed by atoms with Crippen molar-refractivity contribution in [2.45, 2.75) is 0 Å². The number of furan rings is 1. The summed E-state index contributed by atoms with van der Waals surface area (Å²) < 4.78 is 12.1. The lowest BCUT2D eigenvalue weighted by Crippen LogP contribution is -2.03. The van der Waals surface area contributed by atoms with Crippen LogP contribution in [-0.4, -0.2) is 9.13 Å². The smallest absolute Gasteiger partial charge is 0.161 e. The predicted octanol–water partition coefficient (Wildman–Crippen LogP) is 18.0. The number of fused-ring (bicyclic) bond motifs is 9. The topological polar surface area (TPSA) is 46.8 Å². The van der Waals surface area contributed by atoms with Gasteiger partial charge in [-0.3, -0.25) is 0 Å². The summed E-state index contributed by atoms with van der Waals surface area (Å²) in [4.78, 5) is 0. The Hall–Kier alpha value is -9.69. The van der Waals surface area contributed by atoms with E-state index in [0.29, 0.717) is 11.1 Å². The van der Waals surface area contributed by atoms with Gasteiger partial charge in [0.05, 0.1) is 44.4 Å². The maximum atomic E-state index is 11.7. The van der Waals surface area contributed by atoms with Crippen molar-refractivity contribution in [1.29, 1.82) is 5.26 Å². The number of aromatic nitrogens is 2. The van der Waals surface area contributed by atoms with Crippen LogP contribution in [-0.2, 0) is 0 Å². The molecular formula is C67H41N3O. The van der Waals surface area contributed by atoms with Crippen LogP contribution >= 0.6 is 0 Å². The normalized spacial score (nSPS) is 11.6. The number of hydrogen-bond acceptors (Lipinski definition) is 2. The van der Waals surface area contributed by atoms with E-state index in [1.165, 1.54) is 0 Å². The molecule has 4 heteroatoms. The summed E-state index contributed by atoms with van der Waals surface area (Å²) in [6.45, 7) is 0. The summed E-state index contributed by atoms with van der Waals surface area (Å²) in [7, 11) is 0. The molecule has 14 rings (SSSR count). The maximum absolute atomic E-state index is 11.7. The van der Waals surface area contributed by atoms with Crippen molar-refractivity contribution in [3.8, 4) is 73.1 Å². The van der Waals surface area contributed by atoms with Crippen molar-refractivity contribution < 1.29 is 4.42 Å². The van der Waals surface area contributed by atoms with Crippen LogP contribution in [0.25, 0.3) is 133 Å². The Morgan fingerprint density at radius 3 is 1.08 bits per heavy atom. The highest BCUT2D eigenvalue weighted by Crippen LogP contribution is 2.48. The Morgan fingerprint density at radius 1 is 0.310 bits per heavy atom. The second kappa shape index (κ2) is 16.2. The van der Waals surface area contributed by atoms with Crippen LogP contribution in [0.4, 0.5) is 0 Å². The molecule has 0 fully saturated rings. The van der Waals surface area contributed by atoms with E-state index in [1.807, 2.05) is 6.07 Å². The summed E-state index contributed by atoms with van der Waals surface area (Å²) in [5.74, 6) is 0. The van der Waals surface area contributed by atoms with E-state index in [9.17, 15) is 5.26 Å². The molecule has 0 spiro atoms. The van der Waals surface area contributed by atoms with E-state index >= 15 is 0 Å². The lowest BCUT2D eigenvalue weighted by atomic mass is 10.00. The van der Waals surface area contributed by atoms with Gasteiger partial charge < -0.3 is 13.6 Å². The molecule has 3 heterocycles. The minimum atomic E-state index is 0.537. The molecule has 0 aliphatic heterocycles. The zero-order chi connectivity index (χ0) is 47.0. The fraction of sp³-hybridized carbons (Fsp3) is 0. The number of nitriles is 1. The molecule has 4 nitrogen and oxygen atoms in total. The highest BCUT2D eigenvalue weighted by atomic mass is 16.3. The molecule has 0 saturated heterocycles. The van der Waals surface area contributed by atoms with Crippen molar-refractivity contribution >= 4 is 65.6 Å². The zero-order valence-electron chi connectivity index (χ0n) is 38.4. The third-order valence-electron chi connectivity index (χ3n) is 14.3.